The van der Waals surface area contributed by atoms with Crippen molar-refractivity contribution in [1.29, 1.82) is 0 Å². The van der Waals surface area contributed by atoms with Gasteiger partial charge in [0.1, 0.15) is 12.4 Å². The summed E-state index contributed by atoms with van der Waals surface area (Å²) >= 11 is 0. The van der Waals surface area contributed by atoms with Crippen molar-refractivity contribution in [3.63, 3.8) is 0 Å². The number of primary sulfonamides is 1. The molecule has 0 unspecified atom stereocenters. The number of nitrogens with zero attached hydrogens (tertiary/aromatic N) is 2. The molecule has 0 saturated heterocycles. The molecule has 0 aliphatic carbocycles. The normalized spacial score (nSPS) is 16.7. The van der Waals surface area contributed by atoms with E-state index in [1.54, 1.807) is 11.5 Å². The van der Waals surface area contributed by atoms with Gasteiger partial charge in [-0.05, 0) is 6.92 Å². The van der Waals surface area contributed by atoms with Gasteiger partial charge in [0.15, 0.2) is 5.03 Å². The van der Waals surface area contributed by atoms with Crippen molar-refractivity contribution >= 4 is 10.0 Å². The minimum absolute atomic E-state index is 0.107. The smallest absolute Gasteiger partial charge is 0.255 e. The molecule has 2 rings (SSSR count). The highest BCUT2D eigenvalue weighted by Gasteiger charge is 2.24. The van der Waals surface area contributed by atoms with Gasteiger partial charge in [-0.25, -0.2) is 18.5 Å². The topological polar surface area (TPSA) is 87.2 Å². The Bertz CT molecular complexity index is 463. The van der Waals surface area contributed by atoms with Crippen LogP contribution in [-0.2, 0) is 27.9 Å². The maximum Gasteiger partial charge on any atom is 0.255 e. The van der Waals surface area contributed by atoms with Crippen LogP contribution in [0, 0.1) is 6.92 Å². The lowest BCUT2D eigenvalue weighted by Gasteiger charge is -2.15. The third kappa shape index (κ3) is 1.43. The Morgan fingerprint density at radius 3 is 2.93 bits per heavy atom. The highest BCUT2D eigenvalue weighted by Crippen LogP contribution is 2.19. The minimum Gasteiger partial charge on any atom is -0.372 e. The molecule has 0 fully saturated rings. The van der Waals surface area contributed by atoms with Crippen LogP contribution in [0.2, 0.25) is 0 Å². The molecule has 1 aliphatic rings. The van der Waals surface area contributed by atoms with Gasteiger partial charge in [-0.15, -0.1) is 0 Å². The summed E-state index contributed by atoms with van der Waals surface area (Å²) in [6, 6.07) is 0. The lowest BCUT2D eigenvalue weighted by Crippen LogP contribution is -2.23. The Morgan fingerprint density at radius 2 is 2.29 bits per heavy atom. The molecule has 0 amide bonds. The summed E-state index contributed by atoms with van der Waals surface area (Å²) in [6.07, 6.45) is 0. The predicted molar refractivity (Wildman–Crippen MR) is 48.0 cm³/mol. The van der Waals surface area contributed by atoms with Crippen LogP contribution in [0.5, 0.6) is 0 Å². The van der Waals surface area contributed by atoms with Crippen molar-refractivity contribution in [2.75, 3.05) is 6.61 Å². The molecule has 0 bridgehead atoms. The highest BCUT2D eigenvalue weighted by molar-refractivity contribution is 7.89. The maximum atomic E-state index is 11.3. The molecule has 6 nitrogen and oxygen atoms in total. The predicted octanol–water partition coefficient (Wildman–Crippen LogP) is -0.631. The van der Waals surface area contributed by atoms with E-state index in [0.717, 1.165) is 0 Å². The van der Waals surface area contributed by atoms with E-state index < -0.39 is 10.0 Å². The average molecular weight is 217 g/mol. The molecular weight excluding hydrogens is 206 g/mol. The summed E-state index contributed by atoms with van der Waals surface area (Å²) in [5, 5.41) is 5.20. The molecule has 0 saturated carbocycles. The number of imidazole rings is 1. The Hall–Kier alpha value is -0.920. The molecule has 78 valence electrons. The molecule has 1 aliphatic heterocycles. The summed E-state index contributed by atoms with van der Waals surface area (Å²) in [4.78, 5) is 4.10. The van der Waals surface area contributed by atoms with Crippen LogP contribution in [0.25, 0.3) is 0 Å². The number of nitrogens with two attached hydrogens (primary N) is 1. The van der Waals surface area contributed by atoms with Gasteiger partial charge >= 0.3 is 0 Å². The summed E-state index contributed by atoms with van der Waals surface area (Å²) in [7, 11) is -3.69. The van der Waals surface area contributed by atoms with Gasteiger partial charge in [-0.2, -0.15) is 0 Å². The van der Waals surface area contributed by atoms with Gasteiger partial charge in [-0.1, -0.05) is 0 Å². The van der Waals surface area contributed by atoms with Gasteiger partial charge in [0.2, 0.25) is 0 Å². The zero-order valence-electron chi connectivity index (χ0n) is 7.73. The fourth-order valence-corrected chi connectivity index (χ4v) is 2.60. The lowest BCUT2D eigenvalue weighted by molar-refractivity contribution is 0.0787. The molecule has 0 atom stereocenters. The second-order valence-electron chi connectivity index (χ2n) is 3.17. The fraction of sp³-hybridized carbons (Fsp3) is 0.571. The Labute approximate surface area is 81.7 Å². The summed E-state index contributed by atoms with van der Waals surface area (Å²) in [6.45, 7) is 2.95. The first-order chi connectivity index (χ1) is 6.50. The van der Waals surface area contributed by atoms with Crippen LogP contribution in [-0.4, -0.2) is 24.6 Å². The van der Waals surface area contributed by atoms with Gasteiger partial charge in [0.25, 0.3) is 10.0 Å². The number of aryl methyl sites for hydroxylation is 1. The molecule has 14 heavy (non-hydrogen) atoms. The van der Waals surface area contributed by atoms with Crippen molar-refractivity contribution in [3.8, 4) is 0 Å². The van der Waals surface area contributed by atoms with Crippen molar-refractivity contribution in [2.45, 2.75) is 25.1 Å². The number of hydrogen-bond donors (Lipinski definition) is 1. The number of sulfonamides is 1. The number of rotatable bonds is 1. The quantitative estimate of drug-likeness (QED) is 0.678. The highest BCUT2D eigenvalue weighted by atomic mass is 32.2. The number of ether oxygens (including phenoxy) is 1. The number of hydrogen-bond acceptors (Lipinski definition) is 4. The van der Waals surface area contributed by atoms with E-state index in [2.05, 4.69) is 4.98 Å². The summed E-state index contributed by atoms with van der Waals surface area (Å²) in [5.41, 5.74) is 0.438. The maximum absolute atomic E-state index is 11.3. The first-order valence-corrected chi connectivity index (χ1v) is 5.71. The first kappa shape index (κ1) is 9.63. The second kappa shape index (κ2) is 3.04. The van der Waals surface area contributed by atoms with Crippen LogP contribution >= 0.6 is 0 Å². The molecule has 2 heterocycles. The molecule has 0 radical (unpaired) electrons. The lowest BCUT2D eigenvalue weighted by atomic mass is 10.5. The van der Waals surface area contributed by atoms with E-state index >= 15 is 0 Å². The zero-order valence-corrected chi connectivity index (χ0v) is 8.54. The van der Waals surface area contributed by atoms with Gasteiger partial charge in [0.05, 0.1) is 12.3 Å². The minimum atomic E-state index is -3.69. The average Bonchev–Trinajstić information content (AvgIpc) is 2.38. The molecule has 0 spiro atoms. The van der Waals surface area contributed by atoms with E-state index in [4.69, 9.17) is 9.88 Å². The van der Waals surface area contributed by atoms with Gasteiger partial charge in [-0.3, -0.25) is 0 Å². The zero-order chi connectivity index (χ0) is 10.3. The van der Waals surface area contributed by atoms with Gasteiger partial charge in [0, 0.05) is 6.54 Å². The summed E-state index contributed by atoms with van der Waals surface area (Å²) < 4.78 is 29.3. The molecular formula is C7H11N3O3S. The van der Waals surface area contributed by atoms with Crippen LogP contribution in [0.15, 0.2) is 5.03 Å². The molecule has 1 aromatic heterocycles. The third-order valence-corrected chi connectivity index (χ3v) is 3.18. The number of aromatic nitrogens is 2. The van der Waals surface area contributed by atoms with E-state index in [1.807, 2.05) is 0 Å². The molecule has 2 N–H and O–H groups in total. The van der Waals surface area contributed by atoms with Crippen molar-refractivity contribution in [3.05, 3.63) is 11.5 Å². The second-order valence-corrected chi connectivity index (χ2v) is 4.64. The SMILES string of the molecule is Cc1nc2n(c1S(N)(=O)=O)CCOC2. The van der Waals surface area contributed by atoms with Crippen LogP contribution < -0.4 is 5.14 Å². The molecule has 1 aromatic rings. The van der Waals surface area contributed by atoms with Crippen molar-refractivity contribution in [1.82, 2.24) is 9.55 Å². The van der Waals surface area contributed by atoms with Crippen LogP contribution in [0.1, 0.15) is 11.5 Å². The van der Waals surface area contributed by atoms with E-state index in [-0.39, 0.29) is 5.03 Å². The Morgan fingerprint density at radius 1 is 1.57 bits per heavy atom. The monoisotopic (exact) mass is 217 g/mol. The standard InChI is InChI=1S/C7H11N3O3S/c1-5-7(14(8,11)12)10-2-3-13-4-6(10)9-5/h2-4H2,1H3,(H2,8,11,12). The Balaban J connectivity index is 2.65. The largest absolute Gasteiger partial charge is 0.372 e. The van der Waals surface area contributed by atoms with Crippen LogP contribution in [0.4, 0.5) is 0 Å². The van der Waals surface area contributed by atoms with E-state index in [1.165, 1.54) is 0 Å². The molecule has 0 aromatic carbocycles. The number of fused-ring (bicyclic) bond motifs is 1. The first-order valence-electron chi connectivity index (χ1n) is 4.16. The van der Waals surface area contributed by atoms with Gasteiger partial charge < -0.3 is 9.30 Å². The fourth-order valence-electron chi connectivity index (χ4n) is 1.63. The summed E-state index contributed by atoms with van der Waals surface area (Å²) in [5.74, 6) is 0.623. The van der Waals surface area contributed by atoms with Crippen molar-refractivity contribution < 1.29 is 13.2 Å². The van der Waals surface area contributed by atoms with E-state index in [9.17, 15) is 8.42 Å². The molecule has 7 heteroatoms. The van der Waals surface area contributed by atoms with E-state index in [0.29, 0.717) is 31.3 Å². The van der Waals surface area contributed by atoms with Crippen molar-refractivity contribution in [2.24, 2.45) is 5.14 Å². The third-order valence-electron chi connectivity index (χ3n) is 2.12. The Kier molecular flexibility index (Phi) is 2.09. The van der Waals surface area contributed by atoms with Crippen LogP contribution in [0.3, 0.4) is 0 Å².